The van der Waals surface area contributed by atoms with Gasteiger partial charge in [0, 0.05) is 12.6 Å². The van der Waals surface area contributed by atoms with Crippen LogP contribution in [0, 0.1) is 0 Å². The lowest BCUT2D eigenvalue weighted by Crippen LogP contribution is -2.54. The molecule has 0 bridgehead atoms. The van der Waals surface area contributed by atoms with Crippen LogP contribution in [0.2, 0.25) is 24.2 Å². The number of likely N-dealkylation sites (N-methyl/N-ethyl adjacent to an activating group) is 1. The molecule has 1 aliphatic heterocycles. The molecule has 0 saturated heterocycles. The molecule has 1 heterocycles. The van der Waals surface area contributed by atoms with Gasteiger partial charge < -0.3 is 0 Å². The third-order valence-corrected chi connectivity index (χ3v) is 11.8. The first-order chi connectivity index (χ1) is 10.3. The molecule has 120 valence electrons. The summed E-state index contributed by atoms with van der Waals surface area (Å²) in [7, 11) is 0.119. The lowest BCUT2D eigenvalue weighted by atomic mass is 9.77. The number of hydrogen-bond acceptors (Lipinski definition) is 2. The quantitative estimate of drug-likeness (QED) is 0.606. The van der Waals surface area contributed by atoms with Crippen LogP contribution in [0.25, 0.3) is 0 Å². The van der Waals surface area contributed by atoms with E-state index in [1.54, 1.807) is 7.05 Å². The minimum absolute atomic E-state index is 0.0385. The third kappa shape index (κ3) is 2.43. The first kappa shape index (κ1) is 16.9. The van der Waals surface area contributed by atoms with E-state index in [1.165, 1.54) is 23.0 Å². The maximum absolute atomic E-state index is 13.0. The van der Waals surface area contributed by atoms with Crippen molar-refractivity contribution in [2.75, 3.05) is 7.05 Å². The van der Waals surface area contributed by atoms with Crippen molar-refractivity contribution in [2.24, 2.45) is 0 Å². The number of amides is 2. The van der Waals surface area contributed by atoms with Crippen LogP contribution in [0.4, 0.5) is 0 Å². The number of rotatable bonds is 5. The fourth-order valence-corrected chi connectivity index (χ4v) is 8.05. The van der Waals surface area contributed by atoms with Gasteiger partial charge in [0.15, 0.2) is 0 Å². The van der Waals surface area contributed by atoms with E-state index < -0.39 is 13.5 Å². The van der Waals surface area contributed by atoms with Crippen LogP contribution in [0.5, 0.6) is 0 Å². The highest BCUT2D eigenvalue weighted by atomic mass is 28.3. The largest absolute Gasteiger partial charge is 0.281 e. The van der Waals surface area contributed by atoms with Crippen LogP contribution < -0.4 is 0 Å². The topological polar surface area (TPSA) is 37.4 Å². The van der Waals surface area contributed by atoms with Crippen molar-refractivity contribution < 1.29 is 9.59 Å². The molecular weight excluding hydrogens is 290 g/mol. The van der Waals surface area contributed by atoms with Gasteiger partial charge in [0.05, 0.1) is 13.5 Å². The van der Waals surface area contributed by atoms with Gasteiger partial charge in [-0.1, -0.05) is 57.1 Å². The minimum atomic E-state index is -1.50. The van der Waals surface area contributed by atoms with Crippen molar-refractivity contribution in [2.45, 2.75) is 57.3 Å². The summed E-state index contributed by atoms with van der Waals surface area (Å²) in [6, 6.07) is 12.1. The monoisotopic (exact) mass is 317 g/mol. The molecule has 2 amide bonds. The summed E-state index contributed by atoms with van der Waals surface area (Å²) in [5.74, 6) is -0.210. The fraction of sp³-hybridized carbons (Fsp3) is 0.556. The van der Waals surface area contributed by atoms with Crippen LogP contribution in [0.1, 0.15) is 43.6 Å². The molecule has 0 fully saturated rings. The minimum Gasteiger partial charge on any atom is -0.281 e. The van der Waals surface area contributed by atoms with E-state index in [9.17, 15) is 9.59 Å². The van der Waals surface area contributed by atoms with E-state index in [0.717, 1.165) is 11.6 Å². The second-order valence-corrected chi connectivity index (χ2v) is 12.3. The smallest absolute Gasteiger partial charge is 0.260 e. The first-order valence-electron chi connectivity index (χ1n) is 8.27. The Morgan fingerprint density at radius 1 is 1.05 bits per heavy atom. The van der Waals surface area contributed by atoms with Crippen LogP contribution in [0.3, 0.4) is 0 Å². The standard InChI is InChI=1S/C18H27NO2Si/c1-6-22(7-2,8-3)13-18(4)15-12-10-9-11-14(15)16(20)19(5)17(18)21/h9-12H,6-8,13H2,1-5H3. The summed E-state index contributed by atoms with van der Waals surface area (Å²) in [4.78, 5) is 26.7. The number of imide groups is 1. The highest BCUT2D eigenvalue weighted by Gasteiger charge is 2.49. The molecule has 0 aromatic heterocycles. The van der Waals surface area contributed by atoms with E-state index in [0.29, 0.717) is 5.56 Å². The molecule has 0 aliphatic carbocycles. The zero-order valence-electron chi connectivity index (χ0n) is 14.4. The second kappa shape index (κ2) is 5.99. The van der Waals surface area contributed by atoms with E-state index in [4.69, 9.17) is 0 Å². The fourth-order valence-electron chi connectivity index (χ4n) is 3.95. The lowest BCUT2D eigenvalue weighted by Gasteiger charge is -2.43. The van der Waals surface area contributed by atoms with Gasteiger partial charge in [-0.05, 0) is 24.6 Å². The van der Waals surface area contributed by atoms with Crippen molar-refractivity contribution in [1.82, 2.24) is 4.90 Å². The summed E-state index contributed by atoms with van der Waals surface area (Å²) in [6.45, 7) is 8.82. The number of benzene rings is 1. The van der Waals surface area contributed by atoms with Gasteiger partial charge in [-0.25, -0.2) is 0 Å². The summed E-state index contributed by atoms with van der Waals surface area (Å²) in [5.41, 5.74) is 1.06. The number of fused-ring (bicyclic) bond motifs is 1. The Labute approximate surface area is 134 Å². The predicted molar refractivity (Wildman–Crippen MR) is 92.9 cm³/mol. The number of nitrogens with zero attached hydrogens (tertiary/aromatic N) is 1. The van der Waals surface area contributed by atoms with Crippen LogP contribution in [-0.4, -0.2) is 31.8 Å². The van der Waals surface area contributed by atoms with Crippen LogP contribution >= 0.6 is 0 Å². The molecule has 0 N–H and O–H groups in total. The van der Waals surface area contributed by atoms with E-state index in [-0.39, 0.29) is 11.8 Å². The number of carbonyl (C=O) groups excluding carboxylic acids is 2. The number of carbonyl (C=O) groups is 2. The zero-order chi connectivity index (χ0) is 16.5. The van der Waals surface area contributed by atoms with Gasteiger partial charge in [0.1, 0.15) is 0 Å². The van der Waals surface area contributed by atoms with Crippen LogP contribution in [-0.2, 0) is 10.2 Å². The van der Waals surface area contributed by atoms with Crippen LogP contribution in [0.15, 0.2) is 24.3 Å². The van der Waals surface area contributed by atoms with E-state index >= 15 is 0 Å². The Bertz CT molecular complexity index is 586. The molecule has 1 atom stereocenters. The Hall–Kier alpha value is -1.42. The highest BCUT2D eigenvalue weighted by Crippen LogP contribution is 2.43. The van der Waals surface area contributed by atoms with Gasteiger partial charge in [0.25, 0.3) is 5.91 Å². The van der Waals surface area contributed by atoms with Crippen molar-refractivity contribution in [1.29, 1.82) is 0 Å². The van der Waals surface area contributed by atoms with E-state index in [2.05, 4.69) is 20.8 Å². The van der Waals surface area contributed by atoms with Crippen molar-refractivity contribution >= 4 is 19.9 Å². The Kier molecular flexibility index (Phi) is 4.61. The zero-order valence-corrected chi connectivity index (χ0v) is 15.4. The average Bonchev–Trinajstić information content (AvgIpc) is 2.56. The van der Waals surface area contributed by atoms with Gasteiger partial charge in [-0.2, -0.15) is 0 Å². The molecule has 22 heavy (non-hydrogen) atoms. The van der Waals surface area contributed by atoms with Crippen molar-refractivity contribution in [3.8, 4) is 0 Å². The molecule has 1 aromatic rings. The molecule has 1 unspecified atom stereocenters. The van der Waals surface area contributed by atoms with Gasteiger partial charge in [0.2, 0.25) is 5.91 Å². The molecule has 0 spiro atoms. The van der Waals surface area contributed by atoms with Crippen molar-refractivity contribution in [3.63, 3.8) is 0 Å². The summed E-state index contributed by atoms with van der Waals surface area (Å²) >= 11 is 0. The Balaban J connectivity index is 2.58. The molecule has 2 rings (SSSR count). The lowest BCUT2D eigenvalue weighted by molar-refractivity contribution is -0.133. The van der Waals surface area contributed by atoms with Crippen molar-refractivity contribution in [3.05, 3.63) is 35.4 Å². The van der Waals surface area contributed by atoms with Gasteiger partial charge >= 0.3 is 0 Å². The third-order valence-electron chi connectivity index (χ3n) is 5.81. The molecule has 1 aromatic carbocycles. The molecule has 1 aliphatic rings. The first-order valence-corrected chi connectivity index (χ1v) is 11.1. The highest BCUT2D eigenvalue weighted by molar-refractivity contribution is 6.80. The average molecular weight is 318 g/mol. The molecule has 0 saturated carbocycles. The van der Waals surface area contributed by atoms with Gasteiger partial charge in [-0.15, -0.1) is 0 Å². The molecule has 4 heteroatoms. The summed E-state index contributed by atoms with van der Waals surface area (Å²) < 4.78 is 0. The SMILES string of the molecule is CC[Si](CC)(CC)CC1(C)C(=O)N(C)C(=O)c2ccccc21. The maximum atomic E-state index is 13.0. The molecule has 3 nitrogen and oxygen atoms in total. The molecule has 0 radical (unpaired) electrons. The predicted octanol–water partition coefficient (Wildman–Crippen LogP) is 4.07. The Morgan fingerprint density at radius 2 is 1.59 bits per heavy atom. The second-order valence-electron chi connectivity index (χ2n) is 6.78. The van der Waals surface area contributed by atoms with E-state index in [1.807, 2.05) is 31.2 Å². The number of hydrogen-bond donors (Lipinski definition) is 0. The summed E-state index contributed by atoms with van der Waals surface area (Å²) in [6.07, 6.45) is 0. The normalized spacial score (nSPS) is 22.0. The van der Waals surface area contributed by atoms with Gasteiger partial charge in [-0.3, -0.25) is 14.5 Å². The Morgan fingerprint density at radius 3 is 2.14 bits per heavy atom. The maximum Gasteiger partial charge on any atom is 0.260 e. The summed E-state index contributed by atoms with van der Waals surface area (Å²) in [5, 5.41) is 0. The molecular formula is C18H27NO2Si.